The van der Waals surface area contributed by atoms with Gasteiger partial charge in [-0.1, -0.05) is 58.4 Å². The highest BCUT2D eigenvalue weighted by Crippen LogP contribution is 2.21. The molecule has 0 radical (unpaired) electrons. The topological polar surface area (TPSA) is 46.9 Å². The minimum atomic E-state index is 0.0169. The predicted octanol–water partition coefficient (Wildman–Crippen LogP) is 4.88. The van der Waals surface area contributed by atoms with Gasteiger partial charge in [-0.3, -0.25) is 9.48 Å². The fourth-order valence-corrected chi connectivity index (χ4v) is 3.16. The summed E-state index contributed by atoms with van der Waals surface area (Å²) >= 11 is 3.45. The number of hydrogen-bond acceptors (Lipinski definition) is 2. The van der Waals surface area contributed by atoms with Gasteiger partial charge in [0.2, 0.25) is 5.91 Å². The van der Waals surface area contributed by atoms with E-state index in [1.807, 2.05) is 61.0 Å². The van der Waals surface area contributed by atoms with Gasteiger partial charge in [-0.05, 0) is 43.5 Å². The van der Waals surface area contributed by atoms with Gasteiger partial charge in [-0.15, -0.1) is 0 Å². The first-order chi connectivity index (χ1) is 12.5. The summed E-state index contributed by atoms with van der Waals surface area (Å²) in [5.41, 5.74) is 4.97. The molecular weight excluding hydrogens is 390 g/mol. The number of halogens is 1. The third-order valence-electron chi connectivity index (χ3n) is 4.38. The van der Waals surface area contributed by atoms with Crippen molar-refractivity contribution in [2.24, 2.45) is 0 Å². The Hall–Kier alpha value is -2.40. The van der Waals surface area contributed by atoms with E-state index in [0.717, 1.165) is 28.0 Å². The number of nitrogens with zero attached hydrogens (tertiary/aromatic N) is 2. The van der Waals surface area contributed by atoms with Crippen LogP contribution in [0.25, 0.3) is 0 Å². The van der Waals surface area contributed by atoms with Gasteiger partial charge in [0.25, 0.3) is 0 Å². The molecule has 0 fully saturated rings. The first-order valence-electron chi connectivity index (χ1n) is 8.65. The van der Waals surface area contributed by atoms with Crippen LogP contribution in [0.1, 0.15) is 28.9 Å². The van der Waals surface area contributed by atoms with E-state index in [1.165, 1.54) is 11.1 Å². The maximum atomic E-state index is 12.3. The molecule has 26 heavy (non-hydrogen) atoms. The summed E-state index contributed by atoms with van der Waals surface area (Å²) in [5, 5.41) is 7.62. The van der Waals surface area contributed by atoms with Crippen molar-refractivity contribution in [2.75, 3.05) is 5.32 Å². The van der Waals surface area contributed by atoms with Gasteiger partial charge in [-0.25, -0.2) is 0 Å². The van der Waals surface area contributed by atoms with Crippen molar-refractivity contribution in [3.05, 3.63) is 81.6 Å². The predicted molar refractivity (Wildman–Crippen MR) is 108 cm³/mol. The Morgan fingerprint density at radius 3 is 2.42 bits per heavy atom. The molecule has 4 nitrogen and oxygen atoms in total. The second-order valence-corrected chi connectivity index (χ2v) is 7.28. The van der Waals surface area contributed by atoms with Crippen LogP contribution in [0.15, 0.2) is 59.1 Å². The number of rotatable bonds is 6. The Labute approximate surface area is 162 Å². The van der Waals surface area contributed by atoms with Crippen molar-refractivity contribution in [2.45, 2.75) is 33.2 Å². The molecular formula is C21H22BrN3O. The SMILES string of the molecule is Cc1nn(Cc2ccc(Br)cc2)c(C)c1NC(=O)CCc1ccccc1. The molecule has 1 aromatic heterocycles. The molecule has 2 aromatic carbocycles. The van der Waals surface area contributed by atoms with Crippen LogP contribution < -0.4 is 5.32 Å². The van der Waals surface area contributed by atoms with E-state index >= 15 is 0 Å². The van der Waals surface area contributed by atoms with Crippen molar-refractivity contribution in [3.8, 4) is 0 Å². The van der Waals surface area contributed by atoms with Crippen LogP contribution in [0.4, 0.5) is 5.69 Å². The van der Waals surface area contributed by atoms with E-state index in [2.05, 4.69) is 38.5 Å². The van der Waals surface area contributed by atoms with Crippen LogP contribution in [0.3, 0.4) is 0 Å². The quantitative estimate of drug-likeness (QED) is 0.627. The van der Waals surface area contributed by atoms with Crippen molar-refractivity contribution < 1.29 is 4.79 Å². The van der Waals surface area contributed by atoms with Crippen molar-refractivity contribution in [1.29, 1.82) is 0 Å². The van der Waals surface area contributed by atoms with E-state index in [-0.39, 0.29) is 5.91 Å². The number of aromatic nitrogens is 2. The summed E-state index contributed by atoms with van der Waals surface area (Å²) < 4.78 is 2.99. The first-order valence-corrected chi connectivity index (χ1v) is 9.44. The normalized spacial score (nSPS) is 10.7. The second kappa shape index (κ2) is 8.32. The van der Waals surface area contributed by atoms with Crippen molar-refractivity contribution >= 4 is 27.5 Å². The first kappa shape index (κ1) is 18.4. The molecule has 134 valence electrons. The Balaban J connectivity index is 1.65. The van der Waals surface area contributed by atoms with E-state index in [9.17, 15) is 4.79 Å². The Kier molecular flexibility index (Phi) is 5.89. The lowest BCUT2D eigenvalue weighted by Crippen LogP contribution is -2.13. The minimum Gasteiger partial charge on any atom is -0.323 e. The number of benzene rings is 2. The zero-order chi connectivity index (χ0) is 18.5. The third-order valence-corrected chi connectivity index (χ3v) is 4.90. The van der Waals surface area contributed by atoms with Gasteiger partial charge in [0.15, 0.2) is 0 Å². The number of aryl methyl sites for hydroxylation is 2. The molecule has 0 aliphatic rings. The fraction of sp³-hybridized carbons (Fsp3) is 0.238. The number of carbonyl (C=O) groups is 1. The standard InChI is InChI=1S/C21H22BrN3O/c1-15-21(23-20(26)13-10-17-6-4-3-5-7-17)16(2)25(24-15)14-18-8-11-19(22)12-9-18/h3-9,11-12H,10,13-14H2,1-2H3,(H,23,26). The molecule has 3 aromatic rings. The molecule has 0 atom stereocenters. The van der Waals surface area contributed by atoms with Crippen LogP contribution in [-0.2, 0) is 17.8 Å². The molecule has 0 aliphatic heterocycles. The highest BCUT2D eigenvalue weighted by molar-refractivity contribution is 9.10. The summed E-state index contributed by atoms with van der Waals surface area (Å²) in [5.74, 6) is 0.0169. The van der Waals surface area contributed by atoms with Gasteiger partial charge in [0.1, 0.15) is 0 Å². The highest BCUT2D eigenvalue weighted by Gasteiger charge is 2.14. The van der Waals surface area contributed by atoms with Crippen LogP contribution in [0, 0.1) is 13.8 Å². The maximum Gasteiger partial charge on any atom is 0.224 e. The lowest BCUT2D eigenvalue weighted by Gasteiger charge is -2.08. The lowest BCUT2D eigenvalue weighted by molar-refractivity contribution is -0.116. The molecule has 0 saturated carbocycles. The zero-order valence-electron chi connectivity index (χ0n) is 15.0. The largest absolute Gasteiger partial charge is 0.323 e. The molecule has 0 unspecified atom stereocenters. The summed E-state index contributed by atoms with van der Waals surface area (Å²) in [6, 6.07) is 18.2. The second-order valence-electron chi connectivity index (χ2n) is 6.36. The molecule has 0 aliphatic carbocycles. The summed E-state index contributed by atoms with van der Waals surface area (Å²) in [6.45, 7) is 4.60. The van der Waals surface area contributed by atoms with E-state index < -0.39 is 0 Å². The van der Waals surface area contributed by atoms with Crippen LogP contribution in [0.2, 0.25) is 0 Å². The minimum absolute atomic E-state index is 0.0169. The fourth-order valence-electron chi connectivity index (χ4n) is 2.90. The zero-order valence-corrected chi connectivity index (χ0v) is 16.6. The van der Waals surface area contributed by atoms with Crippen LogP contribution in [-0.4, -0.2) is 15.7 Å². The van der Waals surface area contributed by atoms with Gasteiger partial charge >= 0.3 is 0 Å². The molecule has 1 heterocycles. The number of nitrogens with one attached hydrogen (secondary N) is 1. The molecule has 1 amide bonds. The average Bonchev–Trinajstić information content (AvgIpc) is 2.90. The maximum absolute atomic E-state index is 12.3. The molecule has 0 bridgehead atoms. The van der Waals surface area contributed by atoms with Gasteiger partial charge in [-0.2, -0.15) is 5.10 Å². The average molecular weight is 412 g/mol. The smallest absolute Gasteiger partial charge is 0.224 e. The Morgan fingerprint density at radius 2 is 1.73 bits per heavy atom. The monoisotopic (exact) mass is 411 g/mol. The number of hydrogen-bond donors (Lipinski definition) is 1. The Morgan fingerprint density at radius 1 is 1.04 bits per heavy atom. The third kappa shape index (κ3) is 4.61. The number of anilines is 1. The molecule has 1 N–H and O–H groups in total. The van der Waals surface area contributed by atoms with Crippen LogP contribution in [0.5, 0.6) is 0 Å². The van der Waals surface area contributed by atoms with Crippen molar-refractivity contribution in [3.63, 3.8) is 0 Å². The van der Waals surface area contributed by atoms with Crippen LogP contribution >= 0.6 is 15.9 Å². The molecule has 0 saturated heterocycles. The molecule has 3 rings (SSSR count). The molecule has 5 heteroatoms. The van der Waals surface area contributed by atoms with E-state index in [4.69, 9.17) is 0 Å². The molecule has 0 spiro atoms. The number of amides is 1. The summed E-state index contributed by atoms with van der Waals surface area (Å²) in [4.78, 5) is 12.3. The lowest BCUT2D eigenvalue weighted by atomic mass is 10.1. The summed E-state index contributed by atoms with van der Waals surface area (Å²) in [6.07, 6.45) is 1.19. The van der Waals surface area contributed by atoms with E-state index in [0.29, 0.717) is 13.0 Å². The van der Waals surface area contributed by atoms with Crippen molar-refractivity contribution in [1.82, 2.24) is 9.78 Å². The Bertz CT molecular complexity index is 886. The summed E-state index contributed by atoms with van der Waals surface area (Å²) in [7, 11) is 0. The van der Waals surface area contributed by atoms with Gasteiger partial charge in [0.05, 0.1) is 23.6 Å². The van der Waals surface area contributed by atoms with Gasteiger partial charge < -0.3 is 5.32 Å². The number of carbonyl (C=O) groups excluding carboxylic acids is 1. The highest BCUT2D eigenvalue weighted by atomic mass is 79.9. The van der Waals surface area contributed by atoms with E-state index in [1.54, 1.807) is 0 Å². The van der Waals surface area contributed by atoms with Gasteiger partial charge in [0, 0.05) is 10.9 Å².